The van der Waals surface area contributed by atoms with Crippen molar-refractivity contribution in [2.24, 2.45) is 0 Å². The van der Waals surface area contributed by atoms with E-state index in [-0.39, 0.29) is 17.8 Å². The van der Waals surface area contributed by atoms with Crippen molar-refractivity contribution in [2.75, 3.05) is 0 Å². The SMILES string of the molecule is C[Si](C)=[Zr].Cc1cc(C)c(-c2ccco2)[cH-]1.Cc1cc(C)c(-c2ccco2)[cH-]1.[Cl-]. The molecule has 0 aliphatic carbocycles. The molecule has 0 aliphatic rings. The van der Waals surface area contributed by atoms with Crippen LogP contribution in [-0.4, -0.2) is 5.43 Å². The zero-order valence-electron chi connectivity index (χ0n) is 18.0. The van der Waals surface area contributed by atoms with E-state index in [0.29, 0.717) is 0 Å². The Morgan fingerprint density at radius 2 is 1.10 bits per heavy atom. The molecule has 2 aromatic heterocycles. The molecule has 0 saturated carbocycles. The Labute approximate surface area is 195 Å². The van der Waals surface area contributed by atoms with Crippen LogP contribution in [0.4, 0.5) is 0 Å². The van der Waals surface area contributed by atoms with E-state index in [1.165, 1.54) is 33.4 Å². The Balaban J connectivity index is 0.000000239. The Kier molecular flexibility index (Phi) is 11.0. The van der Waals surface area contributed by atoms with Crippen LogP contribution >= 0.6 is 0 Å². The van der Waals surface area contributed by atoms with E-state index in [0.717, 1.165) is 11.5 Å². The van der Waals surface area contributed by atoms with E-state index in [9.17, 15) is 0 Å². The van der Waals surface area contributed by atoms with Crippen molar-refractivity contribution in [2.45, 2.75) is 40.8 Å². The zero-order chi connectivity index (χ0) is 20.7. The van der Waals surface area contributed by atoms with Crippen molar-refractivity contribution in [3.8, 4) is 22.6 Å². The summed E-state index contributed by atoms with van der Waals surface area (Å²) < 4.78 is 10.6. The van der Waals surface area contributed by atoms with Crippen LogP contribution in [0.2, 0.25) is 13.1 Å². The predicted octanol–water partition coefficient (Wildman–Crippen LogP) is 4.35. The third-order valence-corrected chi connectivity index (χ3v) is 4.06. The molecule has 2 heterocycles. The molecule has 29 heavy (non-hydrogen) atoms. The van der Waals surface area contributed by atoms with Gasteiger partial charge in [-0.1, -0.05) is 39.8 Å². The van der Waals surface area contributed by atoms with Crippen molar-refractivity contribution in [1.29, 1.82) is 0 Å². The first-order valence-electron chi connectivity index (χ1n) is 9.35. The van der Waals surface area contributed by atoms with Crippen LogP contribution < -0.4 is 12.4 Å². The van der Waals surface area contributed by atoms with E-state index in [2.05, 4.69) is 65.1 Å². The second kappa shape index (κ2) is 12.4. The molecule has 0 spiro atoms. The van der Waals surface area contributed by atoms with Crippen molar-refractivity contribution >= 4 is 5.43 Å². The predicted molar refractivity (Wildman–Crippen MR) is 116 cm³/mol. The average Bonchev–Trinajstić information content (AvgIpc) is 3.36. The molecular formula is C24H28ClO2SiZr-3. The van der Waals surface area contributed by atoms with Gasteiger partial charge in [-0.05, 0) is 12.1 Å². The number of hydrogen-bond donors (Lipinski definition) is 0. The molecule has 4 aromatic rings. The Bertz CT molecular complexity index is 912. The van der Waals surface area contributed by atoms with Crippen LogP contribution in [0.25, 0.3) is 22.6 Å². The fourth-order valence-electron chi connectivity index (χ4n) is 3.00. The minimum Gasteiger partial charge on any atom is -1.00 e. The van der Waals surface area contributed by atoms with Gasteiger partial charge in [-0.2, -0.15) is 23.3 Å². The smallest absolute Gasteiger partial charge is 0.0768 e. The van der Waals surface area contributed by atoms with Gasteiger partial charge >= 0.3 is 41.9 Å². The molecule has 0 atom stereocenters. The van der Waals surface area contributed by atoms with Crippen LogP contribution in [0.1, 0.15) is 22.3 Å². The van der Waals surface area contributed by atoms with Crippen molar-refractivity contribution in [1.82, 2.24) is 0 Å². The molecule has 0 aliphatic heterocycles. The summed E-state index contributed by atoms with van der Waals surface area (Å²) in [6, 6.07) is 16.4. The largest absolute Gasteiger partial charge is 1.00 e. The number of hydrogen-bond acceptors (Lipinski definition) is 2. The van der Waals surface area contributed by atoms with E-state index in [4.69, 9.17) is 8.83 Å². The van der Waals surface area contributed by atoms with Crippen LogP contribution in [-0.2, 0) is 23.3 Å². The summed E-state index contributed by atoms with van der Waals surface area (Å²) in [5.74, 6) is 1.92. The number of aryl methyl sites for hydroxylation is 4. The molecule has 0 N–H and O–H groups in total. The van der Waals surface area contributed by atoms with E-state index >= 15 is 0 Å². The summed E-state index contributed by atoms with van der Waals surface area (Å²) in [5, 5.41) is 0. The fourth-order valence-corrected chi connectivity index (χ4v) is 3.00. The molecule has 4 rings (SSSR count). The maximum absolute atomic E-state index is 5.31. The normalized spacial score (nSPS) is 9.55. The molecule has 0 bridgehead atoms. The summed E-state index contributed by atoms with van der Waals surface area (Å²) in [5.41, 5.74) is 7.76. The average molecular weight is 503 g/mol. The van der Waals surface area contributed by atoms with Gasteiger partial charge in [-0.25, -0.2) is 0 Å². The van der Waals surface area contributed by atoms with E-state index in [1.807, 2.05) is 24.3 Å². The van der Waals surface area contributed by atoms with Gasteiger partial charge in [0.2, 0.25) is 0 Å². The number of halogens is 1. The topological polar surface area (TPSA) is 26.3 Å². The van der Waals surface area contributed by atoms with Gasteiger partial charge in [-0.15, -0.1) is 34.4 Å². The van der Waals surface area contributed by atoms with Gasteiger partial charge < -0.3 is 21.2 Å². The molecule has 0 unspecified atom stereocenters. The number of furan rings is 2. The molecule has 0 amide bonds. The molecule has 0 radical (unpaired) electrons. The molecule has 5 heteroatoms. The summed E-state index contributed by atoms with van der Waals surface area (Å²) in [4.78, 5) is 0. The first kappa shape index (κ1) is 25.7. The summed E-state index contributed by atoms with van der Waals surface area (Å²) in [6.45, 7) is 13.0. The third kappa shape index (κ3) is 8.12. The minimum absolute atomic E-state index is 0. The first-order chi connectivity index (χ1) is 13.3. The second-order valence-corrected chi connectivity index (χ2v) is 16.6. The second-order valence-electron chi connectivity index (χ2n) is 7.21. The van der Waals surface area contributed by atoms with Crippen LogP contribution in [0.3, 0.4) is 0 Å². The monoisotopic (exact) mass is 501 g/mol. The van der Waals surface area contributed by atoms with Gasteiger partial charge in [0.15, 0.2) is 0 Å². The minimum atomic E-state index is 0. The first-order valence-corrected chi connectivity index (χ1v) is 15.5. The molecular weight excluding hydrogens is 475 g/mol. The third-order valence-electron chi connectivity index (χ3n) is 4.06. The fraction of sp³-hybridized carbons (Fsp3) is 0.250. The van der Waals surface area contributed by atoms with Crippen LogP contribution in [0.5, 0.6) is 0 Å². The van der Waals surface area contributed by atoms with Crippen molar-refractivity contribution in [3.05, 3.63) is 83.3 Å². The summed E-state index contributed by atoms with van der Waals surface area (Å²) in [6.07, 6.45) is 3.41. The van der Waals surface area contributed by atoms with Gasteiger partial charge in [0, 0.05) is 11.5 Å². The van der Waals surface area contributed by atoms with E-state index < -0.39 is 0 Å². The maximum Gasteiger partial charge on any atom is 0.0768 e. The molecule has 154 valence electrons. The van der Waals surface area contributed by atoms with Crippen LogP contribution in [0.15, 0.2) is 69.9 Å². The van der Waals surface area contributed by atoms with Gasteiger partial charge in [0.25, 0.3) is 0 Å². The quantitative estimate of drug-likeness (QED) is 0.301. The van der Waals surface area contributed by atoms with Crippen LogP contribution in [0, 0.1) is 27.7 Å². The molecule has 0 saturated heterocycles. The van der Waals surface area contributed by atoms with Crippen molar-refractivity contribution < 1.29 is 44.6 Å². The van der Waals surface area contributed by atoms with Crippen molar-refractivity contribution in [3.63, 3.8) is 0 Å². The zero-order valence-corrected chi connectivity index (χ0v) is 22.2. The van der Waals surface area contributed by atoms with E-state index in [1.54, 1.807) is 35.9 Å². The van der Waals surface area contributed by atoms with Gasteiger partial charge in [0.1, 0.15) is 0 Å². The Hall–Kier alpha value is -1.35. The molecule has 2 aromatic carbocycles. The molecule has 2 nitrogen and oxygen atoms in total. The molecule has 0 fully saturated rings. The maximum atomic E-state index is 5.31. The summed E-state index contributed by atoms with van der Waals surface area (Å²) >= 11 is 1.74. The Morgan fingerprint density at radius 3 is 1.31 bits per heavy atom. The summed E-state index contributed by atoms with van der Waals surface area (Å²) in [7, 11) is 0. The Morgan fingerprint density at radius 1 is 0.759 bits per heavy atom. The van der Waals surface area contributed by atoms with Gasteiger partial charge in [-0.3, -0.25) is 0 Å². The standard InChI is InChI=1S/2C11H11O.C2H6Si.ClH.Zr/c2*1-8-6-9(2)10(7-8)11-4-3-5-12-11;1-3-2;;/h2*3-7H,1-2H3;1-2H3;1H;/q2*-1;;;/p-1. The number of rotatable bonds is 2. The van der Waals surface area contributed by atoms with Gasteiger partial charge in [0.05, 0.1) is 12.5 Å².